The molecule has 1 heterocycles. The summed E-state index contributed by atoms with van der Waals surface area (Å²) in [5, 5.41) is 9.54. The van der Waals surface area contributed by atoms with Gasteiger partial charge < -0.3 is 9.67 Å². The summed E-state index contributed by atoms with van der Waals surface area (Å²) in [6, 6.07) is 8.11. The molecule has 2 aromatic rings. The molecule has 0 atom stereocenters. The summed E-state index contributed by atoms with van der Waals surface area (Å²) in [5.74, 6) is -0.799. The van der Waals surface area contributed by atoms with Gasteiger partial charge in [0.1, 0.15) is 0 Å². The van der Waals surface area contributed by atoms with Gasteiger partial charge in [0.25, 0.3) is 0 Å². The number of carboxylic acids is 1. The van der Waals surface area contributed by atoms with Crippen LogP contribution in [0.25, 0.3) is 0 Å². The van der Waals surface area contributed by atoms with Crippen LogP contribution in [-0.2, 0) is 17.8 Å². The minimum atomic E-state index is -0.828. The molecule has 0 saturated carbocycles. The Morgan fingerprint density at radius 2 is 2.10 bits per heavy atom. The van der Waals surface area contributed by atoms with Crippen molar-refractivity contribution < 1.29 is 9.90 Å². The van der Waals surface area contributed by atoms with Crippen molar-refractivity contribution in [2.24, 2.45) is 0 Å². The highest BCUT2D eigenvalue weighted by Crippen LogP contribution is 2.21. The van der Waals surface area contributed by atoms with Gasteiger partial charge in [-0.25, -0.2) is 4.98 Å². The molecule has 0 unspecified atom stereocenters. The van der Waals surface area contributed by atoms with Crippen molar-refractivity contribution >= 4 is 33.7 Å². The standard InChI is InChI=1S/C14H15BrN2O2S/c1-2-12-7-16-14(20-9-13(18)19)17(12)8-10-3-5-11(15)6-4-10/h3-7H,2,8-9H2,1H3,(H,18,19). The average molecular weight is 355 g/mol. The molecular formula is C14H15BrN2O2S. The molecule has 1 aromatic carbocycles. The lowest BCUT2D eigenvalue weighted by atomic mass is 10.2. The number of imidazole rings is 1. The molecule has 0 radical (unpaired) electrons. The van der Waals surface area contributed by atoms with E-state index < -0.39 is 5.97 Å². The molecule has 0 aliphatic heterocycles. The minimum Gasteiger partial charge on any atom is -0.481 e. The largest absolute Gasteiger partial charge is 0.481 e. The summed E-state index contributed by atoms with van der Waals surface area (Å²) in [5.41, 5.74) is 2.28. The van der Waals surface area contributed by atoms with Gasteiger partial charge in [0.15, 0.2) is 5.16 Å². The van der Waals surface area contributed by atoms with E-state index in [4.69, 9.17) is 5.11 Å². The number of aryl methyl sites for hydroxylation is 1. The Kier molecular flexibility index (Phi) is 5.25. The van der Waals surface area contributed by atoms with Crippen molar-refractivity contribution in [1.82, 2.24) is 9.55 Å². The number of aliphatic carboxylic acids is 1. The third kappa shape index (κ3) is 3.86. The van der Waals surface area contributed by atoms with E-state index in [1.807, 2.05) is 18.3 Å². The number of nitrogens with zero attached hydrogens (tertiary/aromatic N) is 2. The Morgan fingerprint density at radius 1 is 1.40 bits per heavy atom. The SMILES string of the molecule is CCc1cnc(SCC(=O)O)n1Cc1ccc(Br)cc1. The van der Waals surface area contributed by atoms with Crippen molar-refractivity contribution in [3.05, 3.63) is 46.2 Å². The predicted octanol–water partition coefficient (Wildman–Crippen LogP) is 3.43. The molecule has 0 bridgehead atoms. The topological polar surface area (TPSA) is 55.1 Å². The van der Waals surface area contributed by atoms with Crippen LogP contribution in [0.1, 0.15) is 18.2 Å². The Balaban J connectivity index is 2.21. The van der Waals surface area contributed by atoms with E-state index >= 15 is 0 Å². The van der Waals surface area contributed by atoms with Gasteiger partial charge in [-0.05, 0) is 24.1 Å². The summed E-state index contributed by atoms with van der Waals surface area (Å²) < 4.78 is 3.12. The van der Waals surface area contributed by atoms with E-state index in [1.54, 1.807) is 0 Å². The monoisotopic (exact) mass is 354 g/mol. The van der Waals surface area contributed by atoms with Crippen LogP contribution in [-0.4, -0.2) is 26.4 Å². The number of hydrogen-bond donors (Lipinski definition) is 1. The maximum absolute atomic E-state index is 10.7. The molecule has 0 fully saturated rings. The average Bonchev–Trinajstić information content (AvgIpc) is 2.81. The molecule has 0 aliphatic carbocycles. The van der Waals surface area contributed by atoms with Gasteiger partial charge in [-0.1, -0.05) is 46.7 Å². The van der Waals surface area contributed by atoms with Crippen molar-refractivity contribution in [3.63, 3.8) is 0 Å². The molecule has 106 valence electrons. The van der Waals surface area contributed by atoms with Crippen LogP contribution in [0.5, 0.6) is 0 Å². The fourth-order valence-corrected chi connectivity index (χ4v) is 2.84. The smallest absolute Gasteiger partial charge is 0.313 e. The van der Waals surface area contributed by atoms with E-state index in [9.17, 15) is 4.79 Å². The second kappa shape index (κ2) is 6.95. The summed E-state index contributed by atoms with van der Waals surface area (Å²) in [6.45, 7) is 2.78. The highest BCUT2D eigenvalue weighted by molar-refractivity contribution is 9.10. The Bertz CT molecular complexity index is 596. The van der Waals surface area contributed by atoms with Crippen molar-refractivity contribution in [2.75, 3.05) is 5.75 Å². The first-order chi connectivity index (χ1) is 9.60. The number of benzene rings is 1. The third-order valence-electron chi connectivity index (χ3n) is 2.84. The number of carboxylic acid groups (broad SMARTS) is 1. The zero-order chi connectivity index (χ0) is 14.5. The van der Waals surface area contributed by atoms with Gasteiger partial charge in [0.2, 0.25) is 0 Å². The van der Waals surface area contributed by atoms with Crippen molar-refractivity contribution in [3.8, 4) is 0 Å². The lowest BCUT2D eigenvalue weighted by Gasteiger charge is -2.10. The van der Waals surface area contributed by atoms with E-state index in [2.05, 4.69) is 44.5 Å². The second-order valence-corrected chi connectivity index (χ2v) is 6.14. The number of hydrogen-bond acceptors (Lipinski definition) is 3. The van der Waals surface area contributed by atoms with Gasteiger partial charge in [0, 0.05) is 22.9 Å². The maximum Gasteiger partial charge on any atom is 0.313 e. The van der Waals surface area contributed by atoms with E-state index in [-0.39, 0.29) is 5.75 Å². The van der Waals surface area contributed by atoms with Gasteiger partial charge in [-0.15, -0.1) is 0 Å². The zero-order valence-electron chi connectivity index (χ0n) is 11.0. The first-order valence-corrected chi connectivity index (χ1v) is 8.01. The first-order valence-electron chi connectivity index (χ1n) is 6.23. The van der Waals surface area contributed by atoms with E-state index in [0.29, 0.717) is 6.54 Å². The van der Waals surface area contributed by atoms with E-state index in [0.717, 1.165) is 27.3 Å². The molecule has 4 nitrogen and oxygen atoms in total. The fraction of sp³-hybridized carbons (Fsp3) is 0.286. The summed E-state index contributed by atoms with van der Waals surface area (Å²) in [4.78, 5) is 15.0. The molecule has 20 heavy (non-hydrogen) atoms. The second-order valence-electron chi connectivity index (χ2n) is 4.28. The molecule has 6 heteroatoms. The van der Waals surface area contributed by atoms with Gasteiger partial charge in [0.05, 0.1) is 5.75 Å². The number of thioether (sulfide) groups is 1. The summed E-state index contributed by atoms with van der Waals surface area (Å²) >= 11 is 4.68. The molecule has 2 rings (SSSR count). The molecule has 0 saturated heterocycles. The minimum absolute atomic E-state index is 0.0283. The third-order valence-corrected chi connectivity index (χ3v) is 4.35. The zero-order valence-corrected chi connectivity index (χ0v) is 13.4. The Morgan fingerprint density at radius 3 is 2.70 bits per heavy atom. The lowest BCUT2D eigenvalue weighted by molar-refractivity contribution is -0.133. The van der Waals surface area contributed by atoms with Crippen LogP contribution in [0, 0.1) is 0 Å². The molecule has 1 N–H and O–H groups in total. The van der Waals surface area contributed by atoms with Gasteiger partial charge in [-0.3, -0.25) is 4.79 Å². The van der Waals surface area contributed by atoms with E-state index in [1.165, 1.54) is 11.8 Å². The molecule has 0 spiro atoms. The highest BCUT2D eigenvalue weighted by atomic mass is 79.9. The number of carbonyl (C=O) groups is 1. The van der Waals surface area contributed by atoms with Gasteiger partial charge in [-0.2, -0.15) is 0 Å². The normalized spacial score (nSPS) is 10.7. The highest BCUT2D eigenvalue weighted by Gasteiger charge is 2.11. The van der Waals surface area contributed by atoms with Crippen LogP contribution in [0.4, 0.5) is 0 Å². The Labute approximate surface area is 130 Å². The van der Waals surface area contributed by atoms with Crippen molar-refractivity contribution in [1.29, 1.82) is 0 Å². The Hall–Kier alpha value is -1.27. The van der Waals surface area contributed by atoms with Crippen LogP contribution < -0.4 is 0 Å². The molecule has 0 aliphatic rings. The van der Waals surface area contributed by atoms with Crippen LogP contribution in [0.3, 0.4) is 0 Å². The van der Waals surface area contributed by atoms with Crippen LogP contribution >= 0.6 is 27.7 Å². The van der Waals surface area contributed by atoms with Crippen LogP contribution in [0.2, 0.25) is 0 Å². The number of halogens is 1. The lowest BCUT2D eigenvalue weighted by Crippen LogP contribution is -2.07. The summed E-state index contributed by atoms with van der Waals surface area (Å²) in [7, 11) is 0. The number of rotatable bonds is 6. The quantitative estimate of drug-likeness (QED) is 0.807. The fourth-order valence-electron chi connectivity index (χ4n) is 1.86. The van der Waals surface area contributed by atoms with Crippen LogP contribution in [0.15, 0.2) is 40.1 Å². The molecule has 1 aromatic heterocycles. The summed E-state index contributed by atoms with van der Waals surface area (Å²) in [6.07, 6.45) is 2.69. The first kappa shape index (κ1) is 15.1. The predicted molar refractivity (Wildman–Crippen MR) is 83.2 cm³/mol. The van der Waals surface area contributed by atoms with Crippen molar-refractivity contribution in [2.45, 2.75) is 25.0 Å². The maximum atomic E-state index is 10.7. The van der Waals surface area contributed by atoms with Gasteiger partial charge >= 0.3 is 5.97 Å². The molecular weight excluding hydrogens is 340 g/mol. The number of aromatic nitrogens is 2. The molecule has 0 amide bonds.